The van der Waals surface area contributed by atoms with Gasteiger partial charge in [0.05, 0.1) is 17.7 Å². The number of piperazine rings is 1. The van der Waals surface area contributed by atoms with Crippen LogP contribution in [-0.4, -0.2) is 71.8 Å². The zero-order valence-corrected chi connectivity index (χ0v) is 18.7. The molecule has 0 radical (unpaired) electrons. The van der Waals surface area contributed by atoms with Crippen LogP contribution in [-0.2, 0) is 4.79 Å². The molecule has 0 bridgehead atoms. The molecule has 2 heterocycles. The first-order chi connectivity index (χ1) is 15.6. The van der Waals surface area contributed by atoms with Gasteiger partial charge in [0.15, 0.2) is 0 Å². The second-order valence-electron chi connectivity index (χ2n) is 8.59. The van der Waals surface area contributed by atoms with Gasteiger partial charge >= 0.3 is 0 Å². The Morgan fingerprint density at radius 1 is 0.812 bits per heavy atom. The second kappa shape index (κ2) is 9.97. The van der Waals surface area contributed by atoms with Gasteiger partial charge in [-0.25, -0.2) is 0 Å². The second-order valence-corrected chi connectivity index (χ2v) is 8.59. The average Bonchev–Trinajstić information content (AvgIpc) is 2.88. The quantitative estimate of drug-likeness (QED) is 0.746. The average molecular weight is 431 g/mol. The van der Waals surface area contributed by atoms with E-state index in [-0.39, 0.29) is 17.9 Å². The zero-order valence-electron chi connectivity index (χ0n) is 18.7. The maximum absolute atomic E-state index is 13.4. The molecule has 2 aromatic rings. The van der Waals surface area contributed by atoms with Gasteiger partial charge in [0.2, 0.25) is 5.91 Å². The number of nitrogens with zero attached hydrogens (tertiary/aromatic N) is 4. The highest BCUT2D eigenvalue weighted by atomic mass is 16.2. The Morgan fingerprint density at radius 2 is 1.44 bits per heavy atom. The number of hydrogen-bond donors (Lipinski definition) is 0. The number of rotatable bonds is 4. The monoisotopic (exact) mass is 430 g/mol. The molecular weight excluding hydrogens is 400 g/mol. The van der Waals surface area contributed by atoms with Crippen LogP contribution in [0.4, 0.5) is 0 Å². The van der Waals surface area contributed by atoms with Crippen molar-refractivity contribution >= 4 is 11.8 Å². The van der Waals surface area contributed by atoms with Gasteiger partial charge in [-0.3, -0.25) is 14.5 Å². The molecule has 1 atom stereocenters. The molecule has 0 saturated carbocycles. The van der Waals surface area contributed by atoms with Gasteiger partial charge in [-0.15, -0.1) is 0 Å². The summed E-state index contributed by atoms with van der Waals surface area (Å²) < 4.78 is 0. The smallest absolute Gasteiger partial charge is 0.254 e. The van der Waals surface area contributed by atoms with Crippen LogP contribution < -0.4 is 0 Å². The predicted octanol–water partition coefficient (Wildman–Crippen LogP) is 3.38. The van der Waals surface area contributed by atoms with Gasteiger partial charge in [0, 0.05) is 50.4 Å². The third kappa shape index (κ3) is 4.53. The molecule has 2 aromatic carbocycles. The van der Waals surface area contributed by atoms with E-state index in [0.717, 1.165) is 37.1 Å². The van der Waals surface area contributed by atoms with Crippen LogP contribution in [0.25, 0.3) is 11.1 Å². The van der Waals surface area contributed by atoms with E-state index in [1.165, 1.54) is 6.42 Å². The fourth-order valence-electron chi connectivity index (χ4n) is 4.74. The minimum absolute atomic E-state index is 0.0250. The van der Waals surface area contributed by atoms with Crippen LogP contribution in [0.5, 0.6) is 0 Å². The molecule has 0 aliphatic carbocycles. The highest BCUT2D eigenvalue weighted by Crippen LogP contribution is 2.28. The Hall–Kier alpha value is -3.17. The molecular formula is C26H30N4O2. The largest absolute Gasteiger partial charge is 0.341 e. The normalized spacial score (nSPS) is 18.1. The van der Waals surface area contributed by atoms with Gasteiger partial charge in [-0.05, 0) is 43.9 Å². The van der Waals surface area contributed by atoms with Crippen molar-refractivity contribution < 1.29 is 9.59 Å². The lowest BCUT2D eigenvalue weighted by Crippen LogP contribution is -2.56. The maximum Gasteiger partial charge on any atom is 0.254 e. The molecule has 1 unspecified atom stereocenters. The number of benzene rings is 2. The minimum Gasteiger partial charge on any atom is -0.341 e. The van der Waals surface area contributed by atoms with Crippen LogP contribution in [0.2, 0.25) is 0 Å². The number of nitriles is 1. The molecule has 2 amide bonds. The summed E-state index contributed by atoms with van der Waals surface area (Å²) >= 11 is 0. The molecule has 2 fully saturated rings. The molecule has 0 aromatic heterocycles. The lowest BCUT2D eigenvalue weighted by atomic mass is 9.95. The number of carbonyl (C=O) groups excluding carboxylic acids is 2. The number of carbonyl (C=O) groups is 2. The summed E-state index contributed by atoms with van der Waals surface area (Å²) in [5.74, 6) is 0.186. The highest BCUT2D eigenvalue weighted by molar-refractivity contribution is 6.01. The lowest BCUT2D eigenvalue weighted by molar-refractivity contribution is -0.137. The van der Waals surface area contributed by atoms with E-state index in [9.17, 15) is 14.9 Å². The molecule has 6 heteroatoms. The van der Waals surface area contributed by atoms with Crippen molar-refractivity contribution in [2.75, 3.05) is 39.3 Å². The van der Waals surface area contributed by atoms with Crippen molar-refractivity contribution in [2.24, 2.45) is 0 Å². The number of likely N-dealkylation sites (tertiary alicyclic amines) is 1. The molecule has 0 N–H and O–H groups in total. The van der Waals surface area contributed by atoms with Crippen molar-refractivity contribution in [3.63, 3.8) is 0 Å². The van der Waals surface area contributed by atoms with Crippen molar-refractivity contribution in [1.29, 1.82) is 5.26 Å². The first-order valence-electron chi connectivity index (χ1n) is 11.5. The zero-order chi connectivity index (χ0) is 22.5. The first kappa shape index (κ1) is 22.0. The Balaban J connectivity index is 1.44. The summed E-state index contributed by atoms with van der Waals surface area (Å²) in [6, 6.07) is 16.9. The van der Waals surface area contributed by atoms with E-state index in [4.69, 9.17) is 0 Å². The van der Waals surface area contributed by atoms with E-state index < -0.39 is 0 Å². The van der Waals surface area contributed by atoms with Crippen LogP contribution in [0.1, 0.15) is 42.1 Å². The van der Waals surface area contributed by atoms with Crippen LogP contribution in [0, 0.1) is 11.3 Å². The van der Waals surface area contributed by atoms with Gasteiger partial charge in [0.25, 0.3) is 5.91 Å². The highest BCUT2D eigenvalue weighted by Gasteiger charge is 2.31. The first-order valence-corrected chi connectivity index (χ1v) is 11.5. The van der Waals surface area contributed by atoms with Crippen molar-refractivity contribution in [3.8, 4) is 17.2 Å². The summed E-state index contributed by atoms with van der Waals surface area (Å²) in [6.07, 6.45) is 3.39. The molecule has 2 saturated heterocycles. The standard InChI is InChI=1S/C26H30N4O2/c1-20(25(31)29-13-7-2-8-14-29)28-15-17-30(18-16-28)26(32)24-12-6-5-11-23(24)22-10-4-3-9-21(22)19-27/h3-6,9-12,20H,2,7-8,13-18H2,1H3. The molecule has 0 spiro atoms. The summed E-state index contributed by atoms with van der Waals surface area (Å²) in [7, 11) is 0. The Kier molecular flexibility index (Phi) is 6.87. The third-order valence-corrected chi connectivity index (χ3v) is 6.67. The molecule has 166 valence electrons. The summed E-state index contributed by atoms with van der Waals surface area (Å²) in [4.78, 5) is 32.3. The van der Waals surface area contributed by atoms with Crippen LogP contribution in [0.3, 0.4) is 0 Å². The number of hydrogen-bond acceptors (Lipinski definition) is 4. The molecule has 6 nitrogen and oxygen atoms in total. The fraction of sp³-hybridized carbons (Fsp3) is 0.423. The molecule has 2 aliphatic heterocycles. The number of piperidine rings is 1. The fourth-order valence-corrected chi connectivity index (χ4v) is 4.74. The van der Waals surface area contributed by atoms with Crippen molar-refractivity contribution in [1.82, 2.24) is 14.7 Å². The van der Waals surface area contributed by atoms with E-state index in [1.54, 1.807) is 6.07 Å². The molecule has 4 rings (SSSR count). The van der Waals surface area contributed by atoms with E-state index >= 15 is 0 Å². The van der Waals surface area contributed by atoms with Crippen molar-refractivity contribution in [2.45, 2.75) is 32.2 Å². The van der Waals surface area contributed by atoms with Crippen LogP contribution in [0.15, 0.2) is 48.5 Å². The summed E-state index contributed by atoms with van der Waals surface area (Å²) in [5.41, 5.74) is 2.73. The molecule has 2 aliphatic rings. The van der Waals surface area contributed by atoms with E-state index in [1.807, 2.05) is 59.2 Å². The minimum atomic E-state index is -0.153. The van der Waals surface area contributed by atoms with Crippen molar-refractivity contribution in [3.05, 3.63) is 59.7 Å². The lowest BCUT2D eigenvalue weighted by Gasteiger charge is -2.39. The van der Waals surface area contributed by atoms with Gasteiger partial charge in [-0.2, -0.15) is 5.26 Å². The van der Waals surface area contributed by atoms with Gasteiger partial charge in [0.1, 0.15) is 0 Å². The summed E-state index contributed by atoms with van der Waals surface area (Å²) in [6.45, 7) is 6.26. The number of amides is 2. The topological polar surface area (TPSA) is 67.7 Å². The SMILES string of the molecule is CC(C(=O)N1CCCCC1)N1CCN(C(=O)c2ccccc2-c2ccccc2C#N)CC1. The van der Waals surface area contributed by atoms with Gasteiger partial charge < -0.3 is 9.80 Å². The Bertz CT molecular complexity index is 1010. The predicted molar refractivity (Wildman–Crippen MR) is 124 cm³/mol. The summed E-state index contributed by atoms with van der Waals surface area (Å²) in [5, 5.41) is 9.50. The van der Waals surface area contributed by atoms with E-state index in [0.29, 0.717) is 37.3 Å². The van der Waals surface area contributed by atoms with Gasteiger partial charge in [-0.1, -0.05) is 36.4 Å². The van der Waals surface area contributed by atoms with Crippen LogP contribution >= 0.6 is 0 Å². The maximum atomic E-state index is 13.4. The third-order valence-electron chi connectivity index (χ3n) is 6.67. The Labute approximate surface area is 190 Å². The Morgan fingerprint density at radius 3 is 2.12 bits per heavy atom. The molecule has 32 heavy (non-hydrogen) atoms. The van der Waals surface area contributed by atoms with E-state index in [2.05, 4.69) is 11.0 Å².